The largest absolute Gasteiger partial charge is 0.497 e. The lowest BCUT2D eigenvalue weighted by atomic mass is 10.0. The molecule has 0 saturated carbocycles. The van der Waals surface area contributed by atoms with Gasteiger partial charge in [-0.05, 0) is 36.1 Å². The minimum atomic E-state index is 0.112. The SMILES string of the molecule is CCc1cccc(CC)c1NC(=O)C[NH+]1CCN(c2cccc(OC)c2)CC1. The molecule has 0 spiro atoms. The number of carbonyl (C=O) groups excluding carboxylic acids is 1. The zero-order valence-corrected chi connectivity index (χ0v) is 17.3. The number of nitrogens with one attached hydrogen (secondary N) is 2. The highest BCUT2D eigenvalue weighted by Gasteiger charge is 2.23. The molecule has 1 aliphatic rings. The van der Waals surface area contributed by atoms with Crippen molar-refractivity contribution in [2.24, 2.45) is 0 Å². The van der Waals surface area contributed by atoms with Crippen molar-refractivity contribution in [1.82, 2.24) is 0 Å². The summed E-state index contributed by atoms with van der Waals surface area (Å²) in [6, 6.07) is 14.5. The third-order valence-electron chi connectivity index (χ3n) is 5.56. The standard InChI is InChI=1S/C23H31N3O2/c1-4-18-8-6-9-19(5-2)23(18)24-22(27)17-25-12-14-26(15-13-25)20-10-7-11-21(16-20)28-3/h6-11,16H,4-5,12-15,17H2,1-3H3,(H,24,27)/p+1. The van der Waals surface area contributed by atoms with Gasteiger partial charge < -0.3 is 19.9 Å². The second kappa shape index (κ2) is 9.60. The van der Waals surface area contributed by atoms with Gasteiger partial charge in [-0.25, -0.2) is 0 Å². The summed E-state index contributed by atoms with van der Waals surface area (Å²) in [6.07, 6.45) is 1.85. The van der Waals surface area contributed by atoms with Crippen LogP contribution in [0.25, 0.3) is 0 Å². The zero-order chi connectivity index (χ0) is 19.9. The number of ether oxygens (including phenoxy) is 1. The molecule has 1 fully saturated rings. The van der Waals surface area contributed by atoms with E-state index in [2.05, 4.69) is 54.4 Å². The third-order valence-corrected chi connectivity index (χ3v) is 5.56. The first kappa shape index (κ1) is 20.2. The Balaban J connectivity index is 1.56. The summed E-state index contributed by atoms with van der Waals surface area (Å²) in [6.45, 7) is 8.60. The molecule has 28 heavy (non-hydrogen) atoms. The van der Waals surface area contributed by atoms with Crippen molar-refractivity contribution in [3.05, 3.63) is 53.6 Å². The summed E-state index contributed by atoms with van der Waals surface area (Å²) >= 11 is 0. The van der Waals surface area contributed by atoms with Crippen molar-refractivity contribution in [3.8, 4) is 5.75 Å². The number of quaternary nitrogens is 1. The highest BCUT2D eigenvalue weighted by Crippen LogP contribution is 2.22. The molecule has 0 bridgehead atoms. The van der Waals surface area contributed by atoms with Gasteiger partial charge in [0.25, 0.3) is 5.91 Å². The molecule has 1 amide bonds. The number of carbonyl (C=O) groups is 1. The molecule has 2 aromatic carbocycles. The van der Waals surface area contributed by atoms with Gasteiger partial charge in [0, 0.05) is 17.4 Å². The zero-order valence-electron chi connectivity index (χ0n) is 17.3. The summed E-state index contributed by atoms with van der Waals surface area (Å²) in [7, 11) is 1.69. The van der Waals surface area contributed by atoms with Gasteiger partial charge in [-0.2, -0.15) is 0 Å². The van der Waals surface area contributed by atoms with E-state index in [-0.39, 0.29) is 5.91 Å². The molecule has 0 aliphatic carbocycles. The monoisotopic (exact) mass is 382 g/mol. The number of anilines is 2. The van der Waals surface area contributed by atoms with Gasteiger partial charge in [0.2, 0.25) is 0 Å². The fourth-order valence-electron chi connectivity index (χ4n) is 3.88. The Hall–Kier alpha value is -2.53. The molecule has 0 atom stereocenters. The number of nitrogens with zero attached hydrogens (tertiary/aromatic N) is 1. The fourth-order valence-corrected chi connectivity index (χ4v) is 3.88. The predicted octanol–water partition coefficient (Wildman–Crippen LogP) is 2.16. The average molecular weight is 383 g/mol. The third kappa shape index (κ3) is 4.84. The van der Waals surface area contributed by atoms with Crippen LogP contribution in [0.2, 0.25) is 0 Å². The first-order valence-electron chi connectivity index (χ1n) is 10.3. The number of benzene rings is 2. The number of para-hydroxylation sites is 1. The first-order chi connectivity index (χ1) is 13.6. The molecule has 2 N–H and O–H groups in total. The molecule has 2 aromatic rings. The fraction of sp³-hybridized carbons (Fsp3) is 0.435. The second-order valence-electron chi connectivity index (χ2n) is 7.32. The van der Waals surface area contributed by atoms with Crippen molar-refractivity contribution in [3.63, 3.8) is 0 Å². The van der Waals surface area contributed by atoms with Crippen molar-refractivity contribution in [2.75, 3.05) is 50.1 Å². The normalized spacial score (nSPS) is 14.8. The molecule has 1 heterocycles. The topological polar surface area (TPSA) is 46.0 Å². The maximum atomic E-state index is 12.7. The van der Waals surface area contributed by atoms with Gasteiger partial charge in [-0.1, -0.05) is 38.1 Å². The first-order valence-corrected chi connectivity index (χ1v) is 10.3. The highest BCUT2D eigenvalue weighted by molar-refractivity contribution is 5.93. The average Bonchev–Trinajstić information content (AvgIpc) is 2.74. The van der Waals surface area contributed by atoms with Gasteiger partial charge in [-0.15, -0.1) is 0 Å². The van der Waals surface area contributed by atoms with Crippen LogP contribution < -0.4 is 19.9 Å². The second-order valence-corrected chi connectivity index (χ2v) is 7.32. The van der Waals surface area contributed by atoms with Crippen LogP contribution in [0.5, 0.6) is 5.75 Å². The van der Waals surface area contributed by atoms with Crippen LogP contribution >= 0.6 is 0 Å². The van der Waals surface area contributed by atoms with Crippen molar-refractivity contribution in [1.29, 1.82) is 0 Å². The predicted molar refractivity (Wildman–Crippen MR) is 115 cm³/mol. The van der Waals surface area contributed by atoms with E-state index < -0.39 is 0 Å². The van der Waals surface area contributed by atoms with E-state index in [1.165, 1.54) is 21.7 Å². The van der Waals surface area contributed by atoms with E-state index in [1.807, 2.05) is 12.1 Å². The van der Waals surface area contributed by atoms with Crippen LogP contribution in [0, 0.1) is 0 Å². The molecular formula is C23H32N3O2+. The van der Waals surface area contributed by atoms with Gasteiger partial charge in [-0.3, -0.25) is 4.79 Å². The molecule has 1 saturated heterocycles. The Kier molecular flexibility index (Phi) is 6.93. The molecular weight excluding hydrogens is 350 g/mol. The van der Waals surface area contributed by atoms with Crippen molar-refractivity contribution < 1.29 is 14.4 Å². The summed E-state index contributed by atoms with van der Waals surface area (Å²) in [5.74, 6) is 0.994. The maximum absolute atomic E-state index is 12.7. The lowest BCUT2D eigenvalue weighted by molar-refractivity contribution is -0.892. The molecule has 0 unspecified atom stereocenters. The number of methoxy groups -OCH3 is 1. The summed E-state index contributed by atoms with van der Waals surface area (Å²) in [5, 5.41) is 3.20. The van der Waals surface area contributed by atoms with Crippen LogP contribution in [0.15, 0.2) is 42.5 Å². The van der Waals surface area contributed by atoms with E-state index >= 15 is 0 Å². The van der Waals surface area contributed by atoms with Gasteiger partial charge in [0.1, 0.15) is 5.75 Å². The van der Waals surface area contributed by atoms with Gasteiger partial charge in [0.05, 0.1) is 33.3 Å². The van der Waals surface area contributed by atoms with E-state index in [1.54, 1.807) is 7.11 Å². The number of aryl methyl sites for hydroxylation is 2. The van der Waals surface area contributed by atoms with E-state index in [4.69, 9.17) is 4.74 Å². The lowest BCUT2D eigenvalue weighted by Gasteiger charge is -2.33. The molecule has 5 nitrogen and oxygen atoms in total. The van der Waals surface area contributed by atoms with E-state index in [0.29, 0.717) is 6.54 Å². The number of rotatable bonds is 7. The molecule has 150 valence electrons. The number of hydrogen-bond acceptors (Lipinski definition) is 3. The Morgan fingerprint density at radius 3 is 2.32 bits per heavy atom. The summed E-state index contributed by atoms with van der Waals surface area (Å²) in [4.78, 5) is 16.4. The summed E-state index contributed by atoms with van der Waals surface area (Å²) in [5.41, 5.74) is 4.63. The lowest BCUT2D eigenvalue weighted by Crippen LogP contribution is -3.15. The van der Waals surface area contributed by atoms with Crippen LogP contribution in [0.1, 0.15) is 25.0 Å². The Bertz CT molecular complexity index is 776. The maximum Gasteiger partial charge on any atom is 0.279 e. The number of piperazine rings is 1. The van der Waals surface area contributed by atoms with Crippen LogP contribution in [-0.4, -0.2) is 45.7 Å². The highest BCUT2D eigenvalue weighted by atomic mass is 16.5. The quantitative estimate of drug-likeness (QED) is 0.772. The molecule has 0 aromatic heterocycles. The molecule has 0 radical (unpaired) electrons. The van der Waals surface area contributed by atoms with Gasteiger partial charge >= 0.3 is 0 Å². The number of amides is 1. The Morgan fingerprint density at radius 1 is 1.07 bits per heavy atom. The molecule has 1 aliphatic heterocycles. The Labute approximate surface area is 168 Å². The summed E-state index contributed by atoms with van der Waals surface area (Å²) < 4.78 is 5.33. The van der Waals surface area contributed by atoms with E-state index in [9.17, 15) is 4.79 Å². The Morgan fingerprint density at radius 2 is 1.71 bits per heavy atom. The van der Waals surface area contributed by atoms with Crippen molar-refractivity contribution in [2.45, 2.75) is 26.7 Å². The molecule has 3 rings (SSSR count). The molecule has 5 heteroatoms. The van der Waals surface area contributed by atoms with Crippen LogP contribution in [-0.2, 0) is 17.6 Å². The minimum absolute atomic E-state index is 0.112. The van der Waals surface area contributed by atoms with Crippen LogP contribution in [0.4, 0.5) is 11.4 Å². The van der Waals surface area contributed by atoms with E-state index in [0.717, 1.165) is 50.5 Å². The van der Waals surface area contributed by atoms with Gasteiger partial charge in [0.15, 0.2) is 6.54 Å². The number of hydrogen-bond donors (Lipinski definition) is 2. The minimum Gasteiger partial charge on any atom is -0.497 e. The smallest absolute Gasteiger partial charge is 0.279 e. The van der Waals surface area contributed by atoms with Crippen molar-refractivity contribution >= 4 is 17.3 Å². The van der Waals surface area contributed by atoms with Crippen LogP contribution in [0.3, 0.4) is 0 Å².